The molecule has 0 radical (unpaired) electrons. The van der Waals surface area contributed by atoms with Crippen LogP contribution in [0.4, 0.5) is 4.39 Å². The SMILES string of the molecule is CCOC(=O)C(F)n1ccc(C)n1. The zero-order valence-corrected chi connectivity index (χ0v) is 7.53. The Morgan fingerprint density at radius 3 is 3.00 bits per heavy atom. The van der Waals surface area contributed by atoms with Crippen LogP contribution in [-0.2, 0) is 9.53 Å². The van der Waals surface area contributed by atoms with E-state index in [0.29, 0.717) is 5.69 Å². The number of esters is 1. The summed E-state index contributed by atoms with van der Waals surface area (Å²) in [5.41, 5.74) is 0.659. The molecule has 0 saturated heterocycles. The standard InChI is InChI=1S/C8H11FN2O2/c1-3-13-8(12)7(9)11-5-4-6(2)10-11/h4-5,7H,3H2,1-2H3. The lowest BCUT2D eigenvalue weighted by molar-refractivity contribution is -0.153. The Morgan fingerprint density at radius 1 is 1.85 bits per heavy atom. The summed E-state index contributed by atoms with van der Waals surface area (Å²) in [6.07, 6.45) is -0.439. The second-order valence-electron chi connectivity index (χ2n) is 2.52. The molecule has 0 amide bonds. The third-order valence-corrected chi connectivity index (χ3v) is 1.46. The van der Waals surface area contributed by atoms with Gasteiger partial charge in [-0.3, -0.25) is 0 Å². The van der Waals surface area contributed by atoms with Gasteiger partial charge >= 0.3 is 5.97 Å². The minimum Gasteiger partial charge on any atom is -0.462 e. The van der Waals surface area contributed by atoms with Crippen molar-refractivity contribution in [3.8, 4) is 0 Å². The zero-order valence-electron chi connectivity index (χ0n) is 7.53. The van der Waals surface area contributed by atoms with Crippen molar-refractivity contribution >= 4 is 5.97 Å². The molecule has 1 heterocycles. The van der Waals surface area contributed by atoms with E-state index in [0.717, 1.165) is 4.68 Å². The maximum absolute atomic E-state index is 13.2. The van der Waals surface area contributed by atoms with Gasteiger partial charge in [0.25, 0.3) is 6.30 Å². The fraction of sp³-hybridized carbons (Fsp3) is 0.500. The van der Waals surface area contributed by atoms with Crippen LogP contribution in [0.15, 0.2) is 12.3 Å². The number of alkyl halides is 1. The number of aromatic nitrogens is 2. The van der Waals surface area contributed by atoms with E-state index in [9.17, 15) is 9.18 Å². The van der Waals surface area contributed by atoms with Crippen molar-refractivity contribution in [3.63, 3.8) is 0 Å². The highest BCUT2D eigenvalue weighted by Gasteiger charge is 2.20. The summed E-state index contributed by atoms with van der Waals surface area (Å²) in [4.78, 5) is 10.9. The van der Waals surface area contributed by atoms with E-state index < -0.39 is 12.3 Å². The lowest BCUT2D eigenvalue weighted by atomic mass is 10.5. The van der Waals surface area contributed by atoms with Crippen LogP contribution in [0, 0.1) is 6.92 Å². The van der Waals surface area contributed by atoms with Gasteiger partial charge in [0.05, 0.1) is 12.3 Å². The summed E-state index contributed by atoms with van der Waals surface area (Å²) in [6.45, 7) is 3.51. The number of ether oxygens (including phenoxy) is 1. The van der Waals surface area contributed by atoms with Crippen LogP contribution in [0.25, 0.3) is 0 Å². The molecule has 1 rings (SSSR count). The zero-order chi connectivity index (χ0) is 9.84. The first-order valence-corrected chi connectivity index (χ1v) is 3.97. The monoisotopic (exact) mass is 186 g/mol. The number of carbonyl (C=O) groups is 1. The molecule has 1 aromatic rings. The normalized spacial score (nSPS) is 12.5. The summed E-state index contributed by atoms with van der Waals surface area (Å²) in [5, 5.41) is 3.75. The number of rotatable bonds is 3. The molecule has 4 nitrogen and oxygen atoms in total. The maximum Gasteiger partial charge on any atom is 0.363 e. The van der Waals surface area contributed by atoms with Crippen LogP contribution in [0.1, 0.15) is 18.9 Å². The van der Waals surface area contributed by atoms with Crippen molar-refractivity contribution in [2.75, 3.05) is 6.61 Å². The van der Waals surface area contributed by atoms with E-state index in [-0.39, 0.29) is 6.61 Å². The molecule has 0 aliphatic carbocycles. The summed E-state index contributed by atoms with van der Waals surface area (Å²) in [7, 11) is 0. The summed E-state index contributed by atoms with van der Waals surface area (Å²) < 4.78 is 18.6. The van der Waals surface area contributed by atoms with Gasteiger partial charge in [0.15, 0.2) is 0 Å². The third-order valence-electron chi connectivity index (χ3n) is 1.46. The van der Waals surface area contributed by atoms with Crippen LogP contribution in [0.2, 0.25) is 0 Å². The Bertz CT molecular complexity index is 298. The van der Waals surface area contributed by atoms with Gasteiger partial charge in [-0.15, -0.1) is 0 Å². The molecule has 0 aromatic carbocycles. The molecule has 0 aliphatic rings. The van der Waals surface area contributed by atoms with E-state index in [1.54, 1.807) is 19.9 Å². The lowest BCUT2D eigenvalue weighted by Crippen LogP contribution is -2.18. The van der Waals surface area contributed by atoms with Crippen LogP contribution in [0.5, 0.6) is 0 Å². The minimum atomic E-state index is -1.84. The Hall–Kier alpha value is -1.39. The molecule has 0 fully saturated rings. The van der Waals surface area contributed by atoms with Crippen molar-refractivity contribution in [1.82, 2.24) is 9.78 Å². The molecule has 1 aromatic heterocycles. The van der Waals surface area contributed by atoms with E-state index in [1.165, 1.54) is 6.20 Å². The Balaban J connectivity index is 2.67. The minimum absolute atomic E-state index is 0.166. The molecule has 0 N–H and O–H groups in total. The van der Waals surface area contributed by atoms with Crippen LogP contribution in [0.3, 0.4) is 0 Å². The Kier molecular flexibility index (Phi) is 3.00. The highest BCUT2D eigenvalue weighted by molar-refractivity contribution is 5.72. The van der Waals surface area contributed by atoms with Gasteiger partial charge in [-0.1, -0.05) is 0 Å². The van der Waals surface area contributed by atoms with Crippen LogP contribution < -0.4 is 0 Å². The predicted molar refractivity (Wildman–Crippen MR) is 43.7 cm³/mol. The molecule has 0 aliphatic heterocycles. The van der Waals surface area contributed by atoms with Gasteiger partial charge in [0.1, 0.15) is 0 Å². The topological polar surface area (TPSA) is 44.1 Å². The van der Waals surface area contributed by atoms with Crippen molar-refractivity contribution in [2.24, 2.45) is 0 Å². The number of halogens is 1. The third kappa shape index (κ3) is 2.27. The first-order valence-electron chi connectivity index (χ1n) is 3.97. The number of carbonyl (C=O) groups excluding carboxylic acids is 1. The number of nitrogens with zero attached hydrogens (tertiary/aromatic N) is 2. The first-order chi connectivity index (χ1) is 6.15. The molecule has 0 saturated carbocycles. The maximum atomic E-state index is 13.2. The molecule has 5 heteroatoms. The molecule has 13 heavy (non-hydrogen) atoms. The largest absolute Gasteiger partial charge is 0.462 e. The van der Waals surface area contributed by atoms with Gasteiger partial charge < -0.3 is 4.74 Å². The number of hydrogen-bond acceptors (Lipinski definition) is 3. The van der Waals surface area contributed by atoms with Crippen LogP contribution >= 0.6 is 0 Å². The first kappa shape index (κ1) is 9.70. The molecular weight excluding hydrogens is 175 g/mol. The summed E-state index contributed by atoms with van der Waals surface area (Å²) >= 11 is 0. The van der Waals surface area contributed by atoms with E-state index in [2.05, 4.69) is 9.84 Å². The lowest BCUT2D eigenvalue weighted by Gasteiger charge is -2.06. The Morgan fingerprint density at radius 2 is 2.54 bits per heavy atom. The molecule has 0 bridgehead atoms. The second kappa shape index (κ2) is 4.02. The predicted octanol–water partition coefficient (Wildman–Crippen LogP) is 1.22. The fourth-order valence-corrected chi connectivity index (χ4v) is 0.878. The molecule has 0 spiro atoms. The van der Waals surface area contributed by atoms with E-state index in [1.807, 2.05) is 0 Å². The van der Waals surface area contributed by atoms with Gasteiger partial charge in [0, 0.05) is 6.20 Å². The number of aryl methyl sites for hydroxylation is 1. The quantitative estimate of drug-likeness (QED) is 0.667. The molecule has 1 unspecified atom stereocenters. The van der Waals surface area contributed by atoms with Gasteiger partial charge in [0.2, 0.25) is 0 Å². The van der Waals surface area contributed by atoms with Gasteiger partial charge in [-0.05, 0) is 19.9 Å². The van der Waals surface area contributed by atoms with Crippen LogP contribution in [-0.4, -0.2) is 22.4 Å². The highest BCUT2D eigenvalue weighted by Crippen LogP contribution is 2.09. The van der Waals surface area contributed by atoms with Crippen molar-refractivity contribution < 1.29 is 13.9 Å². The van der Waals surface area contributed by atoms with Crippen molar-refractivity contribution in [2.45, 2.75) is 20.1 Å². The van der Waals surface area contributed by atoms with Crippen molar-refractivity contribution in [3.05, 3.63) is 18.0 Å². The summed E-state index contributed by atoms with van der Waals surface area (Å²) in [6, 6.07) is 1.62. The average Bonchev–Trinajstić information content (AvgIpc) is 2.51. The fourth-order valence-electron chi connectivity index (χ4n) is 0.878. The van der Waals surface area contributed by atoms with E-state index >= 15 is 0 Å². The second-order valence-corrected chi connectivity index (χ2v) is 2.52. The van der Waals surface area contributed by atoms with E-state index in [4.69, 9.17) is 0 Å². The van der Waals surface area contributed by atoms with Crippen molar-refractivity contribution in [1.29, 1.82) is 0 Å². The molecule has 1 atom stereocenters. The average molecular weight is 186 g/mol. The van der Waals surface area contributed by atoms with Gasteiger partial charge in [-0.2, -0.15) is 5.10 Å². The number of hydrogen-bond donors (Lipinski definition) is 0. The van der Waals surface area contributed by atoms with Gasteiger partial charge in [-0.25, -0.2) is 13.9 Å². The smallest absolute Gasteiger partial charge is 0.363 e. The summed E-state index contributed by atoms with van der Waals surface area (Å²) in [5.74, 6) is -0.911. The Labute approximate surface area is 75.3 Å². The highest BCUT2D eigenvalue weighted by atomic mass is 19.1. The molecule has 72 valence electrons. The molecular formula is C8H11FN2O2.